The van der Waals surface area contributed by atoms with Crippen molar-refractivity contribution in [3.05, 3.63) is 94.0 Å². The first-order valence-corrected chi connectivity index (χ1v) is 14.9. The first-order chi connectivity index (χ1) is 19.5. The number of allylic oxidation sites excluding steroid dienone is 4. The fourth-order valence-corrected chi connectivity index (χ4v) is 7.34. The Labute approximate surface area is 243 Å². The zero-order valence-corrected chi connectivity index (χ0v) is 25.3. The second-order valence-corrected chi connectivity index (χ2v) is 13.9. The number of para-hydroxylation sites is 1. The number of hydrogen-bond acceptors (Lipinski definition) is 4. The maximum absolute atomic E-state index is 14.2. The van der Waals surface area contributed by atoms with Crippen molar-refractivity contribution in [2.75, 3.05) is 20.3 Å². The monoisotopic (exact) mass is 550 g/mol. The number of hydrogen-bond donors (Lipinski definition) is 0. The van der Waals surface area contributed by atoms with E-state index >= 15 is 0 Å². The molecule has 5 nitrogen and oxygen atoms in total. The van der Waals surface area contributed by atoms with Gasteiger partial charge < -0.3 is 14.2 Å². The number of nitrogens with zero attached hydrogens (tertiary/aromatic N) is 2. The number of rotatable bonds is 6. The maximum Gasteiger partial charge on any atom is 0.162 e. The zero-order valence-electron chi connectivity index (χ0n) is 25.3. The Morgan fingerprint density at radius 2 is 1.41 bits per heavy atom. The van der Waals surface area contributed by atoms with Crippen LogP contribution in [0.15, 0.2) is 77.3 Å². The van der Waals surface area contributed by atoms with Crippen molar-refractivity contribution >= 4 is 22.5 Å². The van der Waals surface area contributed by atoms with Gasteiger partial charge in [0.2, 0.25) is 0 Å². The molecule has 0 N–H and O–H groups in total. The van der Waals surface area contributed by atoms with E-state index in [0.29, 0.717) is 26.0 Å². The third-order valence-electron chi connectivity index (χ3n) is 9.14. The van der Waals surface area contributed by atoms with Gasteiger partial charge >= 0.3 is 0 Å². The molecule has 41 heavy (non-hydrogen) atoms. The topological polar surface area (TPSA) is 51.5 Å². The average molecular weight is 551 g/mol. The van der Waals surface area contributed by atoms with Gasteiger partial charge in [0.25, 0.3) is 0 Å². The zero-order chi connectivity index (χ0) is 29.1. The van der Waals surface area contributed by atoms with Crippen molar-refractivity contribution in [2.24, 2.45) is 10.8 Å². The van der Waals surface area contributed by atoms with Crippen LogP contribution in [0.25, 0.3) is 10.9 Å². The molecule has 2 aliphatic carbocycles. The lowest BCUT2D eigenvalue weighted by atomic mass is 9.63. The van der Waals surface area contributed by atoms with Gasteiger partial charge in [0, 0.05) is 78.6 Å². The third kappa shape index (κ3) is 4.99. The molecule has 0 saturated heterocycles. The summed E-state index contributed by atoms with van der Waals surface area (Å²) in [4.78, 5) is 30.6. The maximum atomic E-state index is 14.2. The van der Waals surface area contributed by atoms with E-state index in [1.54, 1.807) is 7.11 Å². The molecule has 0 amide bonds. The highest BCUT2D eigenvalue weighted by Crippen LogP contribution is 2.55. The summed E-state index contributed by atoms with van der Waals surface area (Å²) in [5.41, 5.74) is 8.21. The number of carbonyl (C=O) groups excluding carboxylic acids is 2. The van der Waals surface area contributed by atoms with Crippen molar-refractivity contribution in [3.63, 3.8) is 0 Å². The largest absolute Gasteiger partial charge is 0.383 e. The lowest BCUT2D eigenvalue weighted by Gasteiger charge is -2.49. The van der Waals surface area contributed by atoms with Gasteiger partial charge in [-0.15, -0.1) is 0 Å². The van der Waals surface area contributed by atoms with Crippen LogP contribution in [-0.2, 0) is 20.9 Å². The summed E-state index contributed by atoms with van der Waals surface area (Å²) in [7, 11) is 1.71. The number of aryl methyl sites for hydroxylation is 1. The highest BCUT2D eigenvalue weighted by molar-refractivity contribution is 6.08. The minimum atomic E-state index is -0.352. The fraction of sp³-hybridized carbons (Fsp3) is 0.444. The molecule has 2 aromatic carbocycles. The van der Waals surface area contributed by atoms with Crippen molar-refractivity contribution in [1.29, 1.82) is 0 Å². The summed E-state index contributed by atoms with van der Waals surface area (Å²) in [6.45, 7) is 12.8. The van der Waals surface area contributed by atoms with Crippen LogP contribution in [0, 0.1) is 17.8 Å². The van der Waals surface area contributed by atoms with Gasteiger partial charge in [-0.25, -0.2) is 0 Å². The molecule has 0 saturated carbocycles. The first-order valence-electron chi connectivity index (χ1n) is 14.9. The van der Waals surface area contributed by atoms with Crippen LogP contribution >= 0.6 is 0 Å². The molecular formula is C36H42N2O3. The van der Waals surface area contributed by atoms with E-state index < -0.39 is 0 Å². The number of fused-ring (bicyclic) bond motifs is 1. The molecule has 5 heteroatoms. The van der Waals surface area contributed by atoms with Gasteiger partial charge in [-0.05, 0) is 47.8 Å². The molecular weight excluding hydrogens is 508 g/mol. The fourth-order valence-electron chi connectivity index (χ4n) is 7.34. The Morgan fingerprint density at radius 1 is 0.829 bits per heavy atom. The van der Waals surface area contributed by atoms with Gasteiger partial charge in [0.05, 0.1) is 6.61 Å². The summed E-state index contributed by atoms with van der Waals surface area (Å²) in [5, 5.41) is 1.11. The number of ether oxygens (including phenoxy) is 1. The molecule has 0 atom stereocenters. The Bertz CT molecular complexity index is 1550. The number of benzene rings is 2. The average Bonchev–Trinajstić information content (AvgIpc) is 3.25. The molecule has 6 rings (SSSR count). The van der Waals surface area contributed by atoms with Crippen molar-refractivity contribution < 1.29 is 14.3 Å². The van der Waals surface area contributed by atoms with Crippen molar-refractivity contribution in [3.8, 4) is 0 Å². The molecule has 0 bridgehead atoms. The van der Waals surface area contributed by atoms with Crippen molar-refractivity contribution in [1.82, 2.24) is 9.47 Å². The Hall–Kier alpha value is -3.44. The van der Waals surface area contributed by atoms with Crippen LogP contribution < -0.4 is 0 Å². The van der Waals surface area contributed by atoms with Crippen LogP contribution in [0.4, 0.5) is 0 Å². The second kappa shape index (κ2) is 10.1. The summed E-state index contributed by atoms with van der Waals surface area (Å²) >= 11 is 0. The van der Waals surface area contributed by atoms with Gasteiger partial charge in [-0.2, -0.15) is 0 Å². The van der Waals surface area contributed by atoms with Gasteiger partial charge in [-0.3, -0.25) is 9.59 Å². The minimum Gasteiger partial charge on any atom is -0.383 e. The van der Waals surface area contributed by atoms with E-state index in [2.05, 4.69) is 98.8 Å². The minimum absolute atomic E-state index is 0.141. The lowest BCUT2D eigenvalue weighted by molar-refractivity contribution is -0.119. The summed E-state index contributed by atoms with van der Waals surface area (Å²) in [6, 6.07) is 17.1. The Kier molecular flexibility index (Phi) is 6.85. The highest BCUT2D eigenvalue weighted by atomic mass is 16.5. The molecule has 0 spiro atoms. The smallest absolute Gasteiger partial charge is 0.162 e. The molecule has 0 unspecified atom stereocenters. The summed E-state index contributed by atoms with van der Waals surface area (Å²) < 4.78 is 7.83. The number of ketones is 2. The normalized spacial score (nSPS) is 20.6. The molecule has 3 aliphatic rings. The Morgan fingerprint density at radius 3 is 2.00 bits per heavy atom. The summed E-state index contributed by atoms with van der Waals surface area (Å²) in [5.74, 6) is -0.0124. The second-order valence-electron chi connectivity index (χ2n) is 13.9. The third-order valence-corrected chi connectivity index (χ3v) is 9.14. The van der Waals surface area contributed by atoms with Gasteiger partial charge in [0.15, 0.2) is 11.6 Å². The number of aromatic nitrogens is 1. The molecule has 214 valence electrons. The predicted molar refractivity (Wildman–Crippen MR) is 164 cm³/mol. The summed E-state index contributed by atoms with van der Waals surface area (Å²) in [6.07, 6.45) is 4.81. The first kappa shape index (κ1) is 27.7. The van der Waals surface area contributed by atoms with E-state index in [4.69, 9.17) is 4.74 Å². The Balaban J connectivity index is 1.59. The number of Topliss-reactive ketones (excluding diaryl/α,β-unsaturated/α-hetero) is 2. The number of carbonyl (C=O) groups is 2. The van der Waals surface area contributed by atoms with E-state index in [9.17, 15) is 9.59 Å². The quantitative estimate of drug-likeness (QED) is 0.322. The highest BCUT2D eigenvalue weighted by Gasteiger charge is 2.49. The van der Waals surface area contributed by atoms with E-state index in [-0.39, 0.29) is 28.3 Å². The van der Waals surface area contributed by atoms with Gasteiger partial charge in [0.1, 0.15) is 0 Å². The SMILES string of the molecule is COCCN1C2=C(C(=O)CC(C)(C)C2)C(c2cn(Cc3ccc(C)cc3)c3ccccc23)C2=C1CC(C)(C)CC2=O. The van der Waals surface area contributed by atoms with Crippen molar-refractivity contribution in [2.45, 2.75) is 72.8 Å². The number of methoxy groups -OCH3 is 1. The van der Waals surface area contributed by atoms with Crippen LogP contribution in [0.1, 0.15) is 76.0 Å². The van der Waals surface area contributed by atoms with Gasteiger partial charge in [-0.1, -0.05) is 75.7 Å². The van der Waals surface area contributed by atoms with E-state index in [1.807, 2.05) is 0 Å². The standard InChI is InChI=1S/C36H42N2O3/c1-23-11-13-24(14-12-23)21-37-22-26(25-9-7-8-10-27(25)37)32-33-28(17-35(2,3)19-30(33)39)38(15-16-41-6)29-18-36(4,5)20-31(40)34(29)32/h7-14,22,32H,15-21H2,1-6H3. The molecule has 0 fully saturated rings. The van der Waals surface area contributed by atoms with Crippen LogP contribution in [0.2, 0.25) is 0 Å². The molecule has 1 aromatic heterocycles. The van der Waals surface area contributed by atoms with Crippen LogP contribution in [0.5, 0.6) is 0 Å². The molecule has 3 aromatic rings. The van der Waals surface area contributed by atoms with Crippen LogP contribution in [0.3, 0.4) is 0 Å². The molecule has 2 heterocycles. The predicted octanol–water partition coefficient (Wildman–Crippen LogP) is 7.33. The van der Waals surface area contributed by atoms with Crippen LogP contribution in [-0.4, -0.2) is 41.3 Å². The molecule has 1 aliphatic heterocycles. The molecule has 0 radical (unpaired) electrons. The van der Waals surface area contributed by atoms with E-state index in [0.717, 1.165) is 58.4 Å². The van der Waals surface area contributed by atoms with E-state index in [1.165, 1.54) is 11.1 Å². The lowest BCUT2D eigenvalue weighted by Crippen LogP contribution is -2.45.